The number of hydrogen-bond donors (Lipinski definition) is 0. The number of hydrogen-bond acceptors (Lipinski definition) is 6. The normalized spacial score (nSPS) is 12.3. The molecule has 0 aromatic heterocycles. The second kappa shape index (κ2) is 67.9. The van der Waals surface area contributed by atoms with Gasteiger partial charge in [-0.05, 0) is 83.5 Å². The van der Waals surface area contributed by atoms with Gasteiger partial charge >= 0.3 is 17.9 Å². The van der Waals surface area contributed by atoms with Gasteiger partial charge < -0.3 is 14.2 Å². The molecule has 0 amide bonds. The predicted octanol–water partition coefficient (Wildman–Crippen LogP) is 24.1. The van der Waals surface area contributed by atoms with Crippen LogP contribution in [0.1, 0.15) is 380 Å². The Labute approximate surface area is 492 Å². The van der Waals surface area contributed by atoms with Gasteiger partial charge in [-0.1, -0.05) is 326 Å². The Morgan fingerprint density at radius 2 is 0.456 bits per heavy atom. The van der Waals surface area contributed by atoms with E-state index in [1.165, 1.54) is 270 Å². The van der Waals surface area contributed by atoms with Gasteiger partial charge in [0, 0.05) is 19.3 Å². The van der Waals surface area contributed by atoms with Crippen molar-refractivity contribution in [1.82, 2.24) is 0 Å². The summed E-state index contributed by atoms with van der Waals surface area (Å²) >= 11 is 0. The van der Waals surface area contributed by atoms with Crippen LogP contribution >= 0.6 is 0 Å². The van der Waals surface area contributed by atoms with E-state index < -0.39 is 6.10 Å². The Balaban J connectivity index is 4.03. The smallest absolute Gasteiger partial charge is 0.306 e. The van der Waals surface area contributed by atoms with E-state index in [2.05, 4.69) is 69.4 Å². The summed E-state index contributed by atoms with van der Waals surface area (Å²) in [4.78, 5) is 38.2. The number of allylic oxidation sites excluding steroid dienone is 8. The highest BCUT2D eigenvalue weighted by molar-refractivity contribution is 5.71. The molecule has 6 heteroatoms. The summed E-state index contributed by atoms with van der Waals surface area (Å²) in [5.74, 6) is -0.853. The molecule has 0 aliphatic heterocycles. The summed E-state index contributed by atoms with van der Waals surface area (Å²) in [5, 5.41) is 0. The number of carbonyl (C=O) groups excluding carboxylic acids is 3. The summed E-state index contributed by atoms with van der Waals surface area (Å²) in [6, 6.07) is 0. The maximum atomic E-state index is 12.9. The average Bonchev–Trinajstić information content (AvgIpc) is 3.45. The lowest BCUT2D eigenvalue weighted by Gasteiger charge is -2.18. The van der Waals surface area contributed by atoms with Gasteiger partial charge in [0.1, 0.15) is 13.2 Å². The van der Waals surface area contributed by atoms with Crippen LogP contribution in [-0.2, 0) is 28.6 Å². The molecule has 1 atom stereocenters. The minimum Gasteiger partial charge on any atom is -0.462 e. The minimum atomic E-state index is -0.769. The zero-order chi connectivity index (χ0) is 57.1. The van der Waals surface area contributed by atoms with Crippen LogP contribution in [0.15, 0.2) is 48.6 Å². The molecule has 6 nitrogen and oxygen atoms in total. The fourth-order valence-corrected chi connectivity index (χ4v) is 10.5. The molecule has 0 aliphatic carbocycles. The molecule has 0 spiro atoms. The molecule has 0 saturated carbocycles. The quantitative estimate of drug-likeness (QED) is 0.0261. The first-order chi connectivity index (χ1) is 39.0. The third-order valence-corrected chi connectivity index (χ3v) is 15.8. The number of ether oxygens (including phenoxy) is 3. The van der Waals surface area contributed by atoms with Gasteiger partial charge in [-0.25, -0.2) is 0 Å². The molecular formula is C73H134O6. The van der Waals surface area contributed by atoms with Crippen molar-refractivity contribution in [2.75, 3.05) is 13.2 Å². The van der Waals surface area contributed by atoms with Crippen LogP contribution < -0.4 is 0 Å². The van der Waals surface area contributed by atoms with Crippen molar-refractivity contribution < 1.29 is 28.6 Å². The van der Waals surface area contributed by atoms with Crippen molar-refractivity contribution in [1.29, 1.82) is 0 Å². The maximum absolute atomic E-state index is 12.9. The van der Waals surface area contributed by atoms with E-state index in [0.29, 0.717) is 19.3 Å². The van der Waals surface area contributed by atoms with Crippen LogP contribution in [0.3, 0.4) is 0 Å². The van der Waals surface area contributed by atoms with Gasteiger partial charge in [-0.15, -0.1) is 0 Å². The molecule has 0 fully saturated rings. The monoisotopic (exact) mass is 1110 g/mol. The molecule has 0 heterocycles. The molecule has 0 saturated heterocycles. The number of carbonyl (C=O) groups is 3. The van der Waals surface area contributed by atoms with Gasteiger partial charge in [0.25, 0.3) is 0 Å². The highest BCUT2D eigenvalue weighted by Crippen LogP contribution is 2.18. The Bertz CT molecular complexity index is 1360. The molecule has 0 aliphatic rings. The van der Waals surface area contributed by atoms with E-state index in [-0.39, 0.29) is 31.1 Å². The number of rotatable bonds is 65. The molecule has 0 radical (unpaired) electrons. The summed E-state index contributed by atoms with van der Waals surface area (Å²) in [7, 11) is 0. The van der Waals surface area contributed by atoms with Crippen LogP contribution in [-0.4, -0.2) is 37.2 Å². The van der Waals surface area contributed by atoms with Crippen molar-refractivity contribution in [2.45, 2.75) is 386 Å². The van der Waals surface area contributed by atoms with Crippen LogP contribution in [0.2, 0.25) is 0 Å². The fraction of sp³-hybridized carbons (Fsp3) is 0.849. The average molecular weight is 1110 g/mol. The summed E-state index contributed by atoms with van der Waals surface area (Å²) in [5.41, 5.74) is 0. The SMILES string of the molecule is CCCCCCC/C=C\C/C=C\CCCCCCCCCCCCCCCCCCCC(=O)OCC(COC(=O)CCCCCCCCC)OC(=O)CCCCCCCCCCCCCCC/C=C\C/C=C\CCCCCCC. The van der Waals surface area contributed by atoms with E-state index in [4.69, 9.17) is 14.2 Å². The second-order valence-corrected chi connectivity index (χ2v) is 23.8. The van der Waals surface area contributed by atoms with Crippen molar-refractivity contribution in [3.8, 4) is 0 Å². The molecule has 0 N–H and O–H groups in total. The second-order valence-electron chi connectivity index (χ2n) is 23.8. The van der Waals surface area contributed by atoms with Crippen LogP contribution in [0.25, 0.3) is 0 Å². The van der Waals surface area contributed by atoms with E-state index in [9.17, 15) is 14.4 Å². The van der Waals surface area contributed by atoms with Gasteiger partial charge in [-0.3, -0.25) is 14.4 Å². The molecule has 79 heavy (non-hydrogen) atoms. The summed E-state index contributed by atoms with van der Waals surface area (Å²) in [6.45, 7) is 6.63. The van der Waals surface area contributed by atoms with Crippen LogP contribution in [0, 0.1) is 0 Å². The first-order valence-electron chi connectivity index (χ1n) is 35.1. The van der Waals surface area contributed by atoms with Crippen molar-refractivity contribution in [3.63, 3.8) is 0 Å². The Hall–Kier alpha value is -2.63. The van der Waals surface area contributed by atoms with Gasteiger partial charge in [0.2, 0.25) is 0 Å². The van der Waals surface area contributed by atoms with Gasteiger partial charge in [0.15, 0.2) is 6.10 Å². The van der Waals surface area contributed by atoms with E-state index in [1.807, 2.05) is 0 Å². The fourth-order valence-electron chi connectivity index (χ4n) is 10.5. The van der Waals surface area contributed by atoms with E-state index >= 15 is 0 Å². The largest absolute Gasteiger partial charge is 0.462 e. The topological polar surface area (TPSA) is 78.9 Å². The third kappa shape index (κ3) is 66.1. The Morgan fingerprint density at radius 3 is 0.696 bits per heavy atom. The highest BCUT2D eigenvalue weighted by Gasteiger charge is 2.19. The standard InChI is InChI=1S/C73H134O6/c1-4-7-10-13-16-18-20-22-24-26-28-30-32-34-35-36-37-39-40-42-44-46-48-50-52-54-57-60-63-66-72(75)78-69-70(68-77-71(74)65-62-59-56-15-12-9-6-3)79-73(76)67-64-61-58-55-53-51-49-47-45-43-41-38-33-31-29-27-25-23-21-19-17-14-11-8-5-2/h20-23,26-29,70H,4-19,24-25,30-69H2,1-3H3/b22-20-,23-21-,28-26-,29-27-. The number of esters is 3. The molecular weight excluding hydrogens is 973 g/mol. The lowest BCUT2D eigenvalue weighted by Crippen LogP contribution is -2.30. The van der Waals surface area contributed by atoms with Gasteiger partial charge in [0.05, 0.1) is 0 Å². The Kier molecular flexibility index (Phi) is 65.6. The first kappa shape index (κ1) is 76.4. The third-order valence-electron chi connectivity index (χ3n) is 15.8. The van der Waals surface area contributed by atoms with Crippen molar-refractivity contribution in [3.05, 3.63) is 48.6 Å². The molecule has 0 aromatic carbocycles. The van der Waals surface area contributed by atoms with Crippen molar-refractivity contribution >= 4 is 17.9 Å². The van der Waals surface area contributed by atoms with Gasteiger partial charge in [-0.2, -0.15) is 0 Å². The van der Waals surface area contributed by atoms with Crippen LogP contribution in [0.4, 0.5) is 0 Å². The zero-order valence-corrected chi connectivity index (χ0v) is 53.2. The minimum absolute atomic E-state index is 0.0686. The van der Waals surface area contributed by atoms with Crippen molar-refractivity contribution in [2.24, 2.45) is 0 Å². The zero-order valence-electron chi connectivity index (χ0n) is 53.2. The Morgan fingerprint density at radius 1 is 0.253 bits per heavy atom. The molecule has 462 valence electrons. The first-order valence-corrected chi connectivity index (χ1v) is 35.1. The van der Waals surface area contributed by atoms with E-state index in [1.54, 1.807) is 0 Å². The molecule has 0 rings (SSSR count). The molecule has 0 bridgehead atoms. The highest BCUT2D eigenvalue weighted by atomic mass is 16.6. The lowest BCUT2D eigenvalue weighted by molar-refractivity contribution is -0.167. The maximum Gasteiger partial charge on any atom is 0.306 e. The van der Waals surface area contributed by atoms with Crippen LogP contribution in [0.5, 0.6) is 0 Å². The molecule has 1 unspecified atom stereocenters. The lowest BCUT2D eigenvalue weighted by atomic mass is 10.0. The number of unbranched alkanes of at least 4 members (excludes halogenated alkanes) is 46. The predicted molar refractivity (Wildman–Crippen MR) is 344 cm³/mol. The molecule has 0 aromatic rings. The summed E-state index contributed by atoms with van der Waals surface area (Å²) in [6.07, 6.45) is 86.0. The van der Waals surface area contributed by atoms with E-state index in [0.717, 1.165) is 70.6 Å². The summed E-state index contributed by atoms with van der Waals surface area (Å²) < 4.78 is 16.9.